The third kappa shape index (κ3) is 3.27. The highest BCUT2D eigenvalue weighted by Gasteiger charge is 2.24. The van der Waals surface area contributed by atoms with Gasteiger partial charge in [0, 0.05) is 43.1 Å². The lowest BCUT2D eigenvalue weighted by Crippen LogP contribution is -2.39. The van der Waals surface area contributed by atoms with Crippen LogP contribution in [-0.4, -0.2) is 51.1 Å². The van der Waals surface area contributed by atoms with Crippen LogP contribution < -0.4 is 14.4 Å². The molecule has 1 aliphatic heterocycles. The molecule has 0 amide bonds. The van der Waals surface area contributed by atoms with Crippen molar-refractivity contribution < 1.29 is 9.47 Å². The SMILES string of the molecule is COc1ccc(OC2CCN(c3nn4c(C)nnc4c(C)c3C)CC2)cn1. The zero-order chi connectivity index (χ0) is 19.0. The van der Waals surface area contributed by atoms with E-state index in [1.165, 1.54) is 0 Å². The van der Waals surface area contributed by atoms with E-state index >= 15 is 0 Å². The van der Waals surface area contributed by atoms with Crippen molar-refractivity contribution in [2.45, 2.75) is 39.7 Å². The van der Waals surface area contributed by atoms with Gasteiger partial charge in [-0.05, 0) is 26.8 Å². The highest BCUT2D eigenvalue weighted by Crippen LogP contribution is 2.27. The Morgan fingerprint density at radius 3 is 2.48 bits per heavy atom. The molecule has 27 heavy (non-hydrogen) atoms. The molecule has 8 nitrogen and oxygen atoms in total. The Balaban J connectivity index is 1.46. The Hall–Kier alpha value is -2.90. The van der Waals surface area contributed by atoms with Crippen LogP contribution in [0.15, 0.2) is 18.3 Å². The third-order valence-corrected chi connectivity index (χ3v) is 5.19. The Morgan fingerprint density at radius 2 is 1.81 bits per heavy atom. The van der Waals surface area contributed by atoms with Gasteiger partial charge >= 0.3 is 0 Å². The van der Waals surface area contributed by atoms with Crippen LogP contribution >= 0.6 is 0 Å². The van der Waals surface area contributed by atoms with Gasteiger partial charge in [-0.15, -0.1) is 15.3 Å². The number of aromatic nitrogens is 5. The molecule has 0 atom stereocenters. The summed E-state index contributed by atoms with van der Waals surface area (Å²) < 4.78 is 13.0. The first-order chi connectivity index (χ1) is 13.1. The van der Waals surface area contributed by atoms with Gasteiger partial charge in [0.25, 0.3) is 0 Å². The minimum atomic E-state index is 0.179. The topological polar surface area (TPSA) is 77.7 Å². The molecular weight excluding hydrogens is 344 g/mol. The number of rotatable bonds is 4. The maximum absolute atomic E-state index is 6.08. The molecule has 0 unspecified atom stereocenters. The lowest BCUT2D eigenvalue weighted by Gasteiger charge is -2.33. The number of hydrogen-bond acceptors (Lipinski definition) is 7. The summed E-state index contributed by atoms with van der Waals surface area (Å²) in [6.45, 7) is 7.90. The Labute approximate surface area is 158 Å². The van der Waals surface area contributed by atoms with Crippen molar-refractivity contribution in [1.82, 2.24) is 24.8 Å². The second-order valence-corrected chi connectivity index (χ2v) is 6.90. The van der Waals surface area contributed by atoms with Gasteiger partial charge in [0.1, 0.15) is 11.9 Å². The maximum Gasteiger partial charge on any atom is 0.213 e. The van der Waals surface area contributed by atoms with E-state index < -0.39 is 0 Å². The number of ether oxygens (including phenoxy) is 2. The maximum atomic E-state index is 6.08. The van der Waals surface area contributed by atoms with Crippen LogP contribution in [0.4, 0.5) is 5.82 Å². The number of fused-ring (bicyclic) bond motifs is 1. The minimum Gasteiger partial charge on any atom is -0.489 e. The monoisotopic (exact) mass is 368 g/mol. The third-order valence-electron chi connectivity index (χ3n) is 5.19. The molecule has 142 valence electrons. The lowest BCUT2D eigenvalue weighted by molar-refractivity contribution is 0.169. The van der Waals surface area contributed by atoms with E-state index in [9.17, 15) is 0 Å². The van der Waals surface area contributed by atoms with Gasteiger partial charge in [-0.25, -0.2) is 4.98 Å². The molecule has 3 aromatic heterocycles. The largest absolute Gasteiger partial charge is 0.489 e. The van der Waals surface area contributed by atoms with Gasteiger partial charge in [0.2, 0.25) is 5.88 Å². The molecule has 0 N–H and O–H groups in total. The number of methoxy groups -OCH3 is 1. The molecular formula is C19H24N6O2. The summed E-state index contributed by atoms with van der Waals surface area (Å²) in [6, 6.07) is 3.72. The molecule has 4 heterocycles. The number of piperidine rings is 1. The van der Waals surface area contributed by atoms with E-state index in [0.717, 1.165) is 60.1 Å². The molecule has 0 aromatic carbocycles. The predicted molar refractivity (Wildman–Crippen MR) is 102 cm³/mol. The summed E-state index contributed by atoms with van der Waals surface area (Å²) >= 11 is 0. The zero-order valence-electron chi connectivity index (χ0n) is 16.1. The van der Waals surface area contributed by atoms with Crippen LogP contribution in [0.5, 0.6) is 11.6 Å². The summed E-state index contributed by atoms with van der Waals surface area (Å²) in [7, 11) is 1.61. The van der Waals surface area contributed by atoms with Gasteiger partial charge in [-0.2, -0.15) is 4.52 Å². The normalized spacial score (nSPS) is 15.3. The molecule has 3 aromatic rings. The first-order valence-corrected chi connectivity index (χ1v) is 9.17. The van der Waals surface area contributed by atoms with Gasteiger partial charge < -0.3 is 14.4 Å². The van der Waals surface area contributed by atoms with Crippen LogP contribution in [0.2, 0.25) is 0 Å². The quantitative estimate of drug-likeness (QED) is 0.700. The molecule has 1 aliphatic rings. The Morgan fingerprint density at radius 1 is 1.04 bits per heavy atom. The lowest BCUT2D eigenvalue weighted by atomic mass is 10.1. The Bertz CT molecular complexity index is 945. The fraction of sp³-hybridized carbons (Fsp3) is 0.474. The van der Waals surface area contributed by atoms with Crippen molar-refractivity contribution in [1.29, 1.82) is 0 Å². The summed E-state index contributed by atoms with van der Waals surface area (Å²) in [5, 5.41) is 13.2. The number of pyridine rings is 1. The number of aryl methyl sites for hydroxylation is 2. The standard InChI is InChI=1S/C19H24N6O2/c1-12-13(2)19(23-25-14(3)21-22-18(12)25)24-9-7-15(8-10-24)27-16-5-6-17(26-4)20-11-16/h5-6,11,15H,7-10H2,1-4H3. The molecule has 1 fully saturated rings. The van der Waals surface area contributed by atoms with Crippen molar-refractivity contribution in [2.24, 2.45) is 0 Å². The van der Waals surface area contributed by atoms with E-state index in [2.05, 4.69) is 33.9 Å². The van der Waals surface area contributed by atoms with Gasteiger partial charge in [0.05, 0.1) is 13.3 Å². The zero-order valence-corrected chi connectivity index (χ0v) is 16.1. The fourth-order valence-corrected chi connectivity index (χ4v) is 3.45. The molecule has 0 spiro atoms. The summed E-state index contributed by atoms with van der Waals surface area (Å²) in [4.78, 5) is 6.52. The van der Waals surface area contributed by atoms with Gasteiger partial charge in [-0.3, -0.25) is 0 Å². The smallest absolute Gasteiger partial charge is 0.213 e. The van der Waals surface area contributed by atoms with E-state index in [0.29, 0.717) is 5.88 Å². The Kier molecular flexibility index (Phi) is 4.55. The van der Waals surface area contributed by atoms with E-state index in [-0.39, 0.29) is 6.10 Å². The van der Waals surface area contributed by atoms with Crippen LogP contribution in [0, 0.1) is 20.8 Å². The summed E-state index contributed by atoms with van der Waals surface area (Å²) in [5.74, 6) is 3.18. The van der Waals surface area contributed by atoms with Gasteiger partial charge in [-0.1, -0.05) is 0 Å². The first kappa shape index (κ1) is 17.5. The van der Waals surface area contributed by atoms with Crippen molar-refractivity contribution in [3.05, 3.63) is 35.3 Å². The van der Waals surface area contributed by atoms with Crippen molar-refractivity contribution in [3.8, 4) is 11.6 Å². The highest BCUT2D eigenvalue weighted by molar-refractivity contribution is 5.59. The average Bonchev–Trinajstić information content (AvgIpc) is 3.07. The molecule has 0 saturated carbocycles. The number of anilines is 1. The highest BCUT2D eigenvalue weighted by atomic mass is 16.5. The van der Waals surface area contributed by atoms with Crippen molar-refractivity contribution in [3.63, 3.8) is 0 Å². The van der Waals surface area contributed by atoms with Crippen LogP contribution in [0.3, 0.4) is 0 Å². The van der Waals surface area contributed by atoms with Crippen LogP contribution in [0.25, 0.3) is 5.65 Å². The summed E-state index contributed by atoms with van der Waals surface area (Å²) in [6.07, 6.45) is 3.76. The molecule has 0 aliphatic carbocycles. The van der Waals surface area contributed by atoms with Crippen molar-refractivity contribution in [2.75, 3.05) is 25.1 Å². The van der Waals surface area contributed by atoms with Crippen LogP contribution in [-0.2, 0) is 0 Å². The van der Waals surface area contributed by atoms with Crippen LogP contribution in [0.1, 0.15) is 29.8 Å². The molecule has 0 bridgehead atoms. The van der Waals surface area contributed by atoms with E-state index in [4.69, 9.17) is 14.6 Å². The predicted octanol–water partition coefficient (Wildman–Crippen LogP) is 2.50. The molecule has 8 heteroatoms. The van der Waals surface area contributed by atoms with E-state index in [1.54, 1.807) is 13.3 Å². The van der Waals surface area contributed by atoms with E-state index in [1.807, 2.05) is 23.6 Å². The second kappa shape index (κ2) is 7.02. The second-order valence-electron chi connectivity index (χ2n) is 6.90. The number of hydrogen-bond donors (Lipinski definition) is 0. The first-order valence-electron chi connectivity index (χ1n) is 9.17. The average molecular weight is 368 g/mol. The van der Waals surface area contributed by atoms with Crippen molar-refractivity contribution >= 4 is 11.5 Å². The number of nitrogens with zero attached hydrogens (tertiary/aromatic N) is 6. The molecule has 1 saturated heterocycles. The van der Waals surface area contributed by atoms with Gasteiger partial charge in [0.15, 0.2) is 17.3 Å². The molecule has 4 rings (SSSR count). The summed E-state index contributed by atoms with van der Waals surface area (Å²) in [5.41, 5.74) is 3.12. The molecule has 0 radical (unpaired) electrons. The fourth-order valence-electron chi connectivity index (χ4n) is 3.45. The minimum absolute atomic E-state index is 0.179.